The minimum atomic E-state index is 0.847. The van der Waals surface area contributed by atoms with Crippen LogP contribution in [0.3, 0.4) is 0 Å². The quantitative estimate of drug-likeness (QED) is 0.620. The van der Waals surface area contributed by atoms with Crippen molar-refractivity contribution < 1.29 is 9.47 Å². The van der Waals surface area contributed by atoms with E-state index in [9.17, 15) is 0 Å². The lowest BCUT2D eigenvalue weighted by Crippen LogP contribution is -2.48. The van der Waals surface area contributed by atoms with Crippen LogP contribution in [0.1, 0.15) is 27.2 Å². The summed E-state index contributed by atoms with van der Waals surface area (Å²) < 4.78 is 10.6. The number of hydrogen-bond donors (Lipinski definition) is 0. The summed E-state index contributed by atoms with van der Waals surface area (Å²) >= 11 is 0. The summed E-state index contributed by atoms with van der Waals surface area (Å²) in [6.45, 7) is 15.6. The summed E-state index contributed by atoms with van der Waals surface area (Å²) in [7, 11) is 1.77. The van der Waals surface area contributed by atoms with Crippen molar-refractivity contribution in [3.63, 3.8) is 0 Å². The van der Waals surface area contributed by atoms with Crippen LogP contribution < -0.4 is 0 Å². The zero-order valence-corrected chi connectivity index (χ0v) is 12.8. The molecule has 0 bridgehead atoms. The fraction of sp³-hybridized carbons (Fsp3) is 1.00. The Morgan fingerprint density at radius 1 is 0.833 bits per heavy atom. The molecular weight excluding hydrogens is 228 g/mol. The minimum absolute atomic E-state index is 0.847. The second-order valence-corrected chi connectivity index (χ2v) is 4.29. The first-order valence-electron chi connectivity index (χ1n) is 7.38. The normalized spacial score (nSPS) is 17.3. The minimum Gasteiger partial charge on any atom is -0.383 e. The SMILES string of the molecule is CC.CCCOCCN1CCN(CCOC)CC1. The average Bonchev–Trinajstić information content (AvgIpc) is 2.45. The van der Waals surface area contributed by atoms with E-state index in [2.05, 4.69) is 16.7 Å². The van der Waals surface area contributed by atoms with Crippen molar-refractivity contribution in [2.75, 3.05) is 66.2 Å². The van der Waals surface area contributed by atoms with Crippen LogP contribution in [0.25, 0.3) is 0 Å². The van der Waals surface area contributed by atoms with E-state index in [1.165, 1.54) is 13.1 Å². The standard InChI is InChI=1S/C12H26N2O2.C2H6/c1-3-10-16-12-9-14-6-4-13(5-7-14)8-11-15-2;1-2/h3-12H2,1-2H3;1-2H3. The fourth-order valence-corrected chi connectivity index (χ4v) is 1.90. The molecule has 4 heteroatoms. The summed E-state index contributed by atoms with van der Waals surface area (Å²) in [5.74, 6) is 0. The van der Waals surface area contributed by atoms with Gasteiger partial charge in [0, 0.05) is 53.0 Å². The lowest BCUT2D eigenvalue weighted by Gasteiger charge is -2.34. The molecule has 0 aromatic heterocycles. The first kappa shape index (κ1) is 17.8. The van der Waals surface area contributed by atoms with Crippen molar-refractivity contribution in [3.8, 4) is 0 Å². The van der Waals surface area contributed by atoms with Gasteiger partial charge < -0.3 is 9.47 Å². The molecule has 1 aliphatic rings. The monoisotopic (exact) mass is 260 g/mol. The first-order chi connectivity index (χ1) is 8.86. The van der Waals surface area contributed by atoms with Gasteiger partial charge in [-0.3, -0.25) is 9.80 Å². The van der Waals surface area contributed by atoms with E-state index in [0.29, 0.717) is 0 Å². The van der Waals surface area contributed by atoms with Crippen LogP contribution in [0, 0.1) is 0 Å². The molecule has 0 amide bonds. The Kier molecular flexibility index (Phi) is 13.2. The average molecular weight is 260 g/mol. The zero-order chi connectivity index (χ0) is 13.6. The molecule has 110 valence electrons. The molecule has 18 heavy (non-hydrogen) atoms. The highest BCUT2D eigenvalue weighted by atomic mass is 16.5. The van der Waals surface area contributed by atoms with Crippen LogP contribution in [-0.2, 0) is 9.47 Å². The maximum absolute atomic E-state index is 5.50. The molecular formula is C14H32N2O2. The second kappa shape index (κ2) is 13.3. The number of piperazine rings is 1. The summed E-state index contributed by atoms with van der Waals surface area (Å²) in [6, 6.07) is 0. The molecule has 0 aromatic rings. The first-order valence-corrected chi connectivity index (χ1v) is 7.38. The fourth-order valence-electron chi connectivity index (χ4n) is 1.90. The molecule has 0 aliphatic carbocycles. The van der Waals surface area contributed by atoms with E-state index >= 15 is 0 Å². The Labute approximate surface area is 113 Å². The van der Waals surface area contributed by atoms with E-state index < -0.39 is 0 Å². The van der Waals surface area contributed by atoms with E-state index in [0.717, 1.165) is 52.4 Å². The molecule has 0 unspecified atom stereocenters. The van der Waals surface area contributed by atoms with Gasteiger partial charge in [0.2, 0.25) is 0 Å². The highest BCUT2D eigenvalue weighted by Crippen LogP contribution is 2.01. The van der Waals surface area contributed by atoms with Crippen molar-refractivity contribution in [2.24, 2.45) is 0 Å². The maximum atomic E-state index is 5.50. The van der Waals surface area contributed by atoms with Gasteiger partial charge in [-0.05, 0) is 6.42 Å². The summed E-state index contributed by atoms with van der Waals surface area (Å²) in [4.78, 5) is 4.95. The van der Waals surface area contributed by atoms with Crippen molar-refractivity contribution >= 4 is 0 Å². The zero-order valence-electron chi connectivity index (χ0n) is 12.8. The lowest BCUT2D eigenvalue weighted by molar-refractivity contribution is 0.0655. The lowest BCUT2D eigenvalue weighted by atomic mass is 10.3. The summed E-state index contributed by atoms with van der Waals surface area (Å²) in [5, 5.41) is 0. The van der Waals surface area contributed by atoms with Crippen LogP contribution in [0.2, 0.25) is 0 Å². The number of methoxy groups -OCH3 is 1. The topological polar surface area (TPSA) is 24.9 Å². The molecule has 0 saturated carbocycles. The Balaban J connectivity index is 0.00000137. The van der Waals surface area contributed by atoms with E-state index in [4.69, 9.17) is 9.47 Å². The molecule has 1 saturated heterocycles. The van der Waals surface area contributed by atoms with Gasteiger partial charge in [0.25, 0.3) is 0 Å². The van der Waals surface area contributed by atoms with Gasteiger partial charge in [0.1, 0.15) is 0 Å². The molecule has 1 aliphatic heterocycles. The highest BCUT2D eigenvalue weighted by Gasteiger charge is 2.15. The highest BCUT2D eigenvalue weighted by molar-refractivity contribution is 4.71. The number of rotatable bonds is 8. The van der Waals surface area contributed by atoms with E-state index in [1.807, 2.05) is 13.8 Å². The van der Waals surface area contributed by atoms with Gasteiger partial charge in [-0.25, -0.2) is 0 Å². The molecule has 0 radical (unpaired) electrons. The summed E-state index contributed by atoms with van der Waals surface area (Å²) in [6.07, 6.45) is 1.12. The van der Waals surface area contributed by atoms with Crippen LogP contribution in [0.15, 0.2) is 0 Å². The largest absolute Gasteiger partial charge is 0.383 e. The Morgan fingerprint density at radius 2 is 1.33 bits per heavy atom. The third-order valence-corrected chi connectivity index (χ3v) is 2.98. The van der Waals surface area contributed by atoms with Gasteiger partial charge in [-0.15, -0.1) is 0 Å². The van der Waals surface area contributed by atoms with Gasteiger partial charge in [-0.1, -0.05) is 20.8 Å². The van der Waals surface area contributed by atoms with Gasteiger partial charge in [-0.2, -0.15) is 0 Å². The molecule has 0 atom stereocenters. The number of nitrogens with zero attached hydrogens (tertiary/aromatic N) is 2. The Hall–Kier alpha value is -0.160. The number of hydrogen-bond acceptors (Lipinski definition) is 4. The van der Waals surface area contributed by atoms with Crippen molar-refractivity contribution in [2.45, 2.75) is 27.2 Å². The van der Waals surface area contributed by atoms with Crippen molar-refractivity contribution in [1.82, 2.24) is 9.80 Å². The smallest absolute Gasteiger partial charge is 0.0593 e. The molecule has 4 nitrogen and oxygen atoms in total. The van der Waals surface area contributed by atoms with E-state index in [-0.39, 0.29) is 0 Å². The van der Waals surface area contributed by atoms with Crippen LogP contribution in [-0.4, -0.2) is 76.0 Å². The second-order valence-electron chi connectivity index (χ2n) is 4.29. The van der Waals surface area contributed by atoms with Gasteiger partial charge >= 0.3 is 0 Å². The predicted molar refractivity (Wildman–Crippen MR) is 77.2 cm³/mol. The Morgan fingerprint density at radius 3 is 1.78 bits per heavy atom. The van der Waals surface area contributed by atoms with Crippen LogP contribution >= 0.6 is 0 Å². The van der Waals surface area contributed by atoms with Crippen LogP contribution in [0.5, 0.6) is 0 Å². The summed E-state index contributed by atoms with van der Waals surface area (Å²) in [5.41, 5.74) is 0. The van der Waals surface area contributed by atoms with Crippen molar-refractivity contribution in [3.05, 3.63) is 0 Å². The maximum Gasteiger partial charge on any atom is 0.0593 e. The van der Waals surface area contributed by atoms with Gasteiger partial charge in [0.15, 0.2) is 0 Å². The molecule has 0 aromatic carbocycles. The molecule has 0 N–H and O–H groups in total. The molecule has 0 spiro atoms. The van der Waals surface area contributed by atoms with Crippen LogP contribution in [0.4, 0.5) is 0 Å². The number of ether oxygens (including phenoxy) is 2. The van der Waals surface area contributed by atoms with Gasteiger partial charge in [0.05, 0.1) is 13.2 Å². The predicted octanol–water partition coefficient (Wildman–Crippen LogP) is 1.70. The third kappa shape index (κ3) is 8.86. The molecule has 1 heterocycles. The third-order valence-electron chi connectivity index (χ3n) is 2.98. The van der Waals surface area contributed by atoms with E-state index in [1.54, 1.807) is 7.11 Å². The molecule has 1 rings (SSSR count). The Bertz CT molecular complexity index is 160. The van der Waals surface area contributed by atoms with Crippen molar-refractivity contribution in [1.29, 1.82) is 0 Å². The molecule has 1 fully saturated rings.